The van der Waals surface area contributed by atoms with Crippen molar-refractivity contribution in [2.45, 2.75) is 32.4 Å². The van der Waals surface area contributed by atoms with Crippen LogP contribution in [0.5, 0.6) is 0 Å². The number of imidazole rings is 1. The van der Waals surface area contributed by atoms with Gasteiger partial charge < -0.3 is 9.67 Å². The number of hydrogen-bond acceptors (Lipinski definition) is 2. The van der Waals surface area contributed by atoms with Crippen molar-refractivity contribution in [1.29, 1.82) is 0 Å². The number of rotatable bonds is 5. The second-order valence-corrected chi connectivity index (χ2v) is 6.50. The van der Waals surface area contributed by atoms with Gasteiger partial charge in [0.2, 0.25) is 0 Å². The summed E-state index contributed by atoms with van der Waals surface area (Å²) in [5, 5.41) is 11.9. The van der Waals surface area contributed by atoms with E-state index in [1.165, 1.54) is 5.56 Å². The average molecular weight is 341 g/mol. The Balaban J connectivity index is 2.04. The molecule has 0 aliphatic carbocycles. The highest BCUT2D eigenvalue weighted by molar-refractivity contribution is 6.30. The normalized spacial score (nSPS) is 13.7. The maximum atomic E-state index is 11.2. The van der Waals surface area contributed by atoms with Crippen molar-refractivity contribution in [3.05, 3.63) is 88.5 Å². The van der Waals surface area contributed by atoms with E-state index in [0.29, 0.717) is 11.6 Å². The molecule has 3 aromatic rings. The van der Waals surface area contributed by atoms with Crippen LogP contribution in [0.15, 0.2) is 60.8 Å². The molecule has 0 spiro atoms. The van der Waals surface area contributed by atoms with Crippen LogP contribution in [0.1, 0.15) is 36.5 Å². The molecule has 0 unspecified atom stereocenters. The molecule has 0 amide bonds. The van der Waals surface area contributed by atoms with E-state index in [0.717, 1.165) is 23.5 Å². The summed E-state index contributed by atoms with van der Waals surface area (Å²) >= 11 is 5.97. The van der Waals surface area contributed by atoms with Gasteiger partial charge in [-0.15, -0.1) is 0 Å². The number of halogens is 1. The highest BCUT2D eigenvalue weighted by Gasteiger charge is 2.30. The molecule has 0 saturated heterocycles. The molecule has 4 heteroatoms. The molecule has 0 saturated carbocycles. The minimum absolute atomic E-state index is 0.654. The van der Waals surface area contributed by atoms with Crippen LogP contribution < -0.4 is 0 Å². The molecule has 3 nitrogen and oxygen atoms in total. The minimum atomic E-state index is -1.14. The largest absolute Gasteiger partial charge is 0.379 e. The Morgan fingerprint density at radius 2 is 1.75 bits per heavy atom. The number of nitrogens with zero attached hydrogens (tertiary/aromatic N) is 2. The van der Waals surface area contributed by atoms with Crippen LogP contribution in [0, 0.1) is 0 Å². The van der Waals surface area contributed by atoms with Crippen LogP contribution in [0.3, 0.4) is 0 Å². The summed E-state index contributed by atoms with van der Waals surface area (Å²) in [5.74, 6) is 0.961. The van der Waals surface area contributed by atoms with Crippen molar-refractivity contribution >= 4 is 11.6 Å². The predicted octanol–water partition coefficient (Wildman–Crippen LogP) is 4.40. The fourth-order valence-electron chi connectivity index (χ4n) is 2.95. The molecule has 1 atom stereocenters. The third-order valence-electron chi connectivity index (χ3n) is 4.34. The van der Waals surface area contributed by atoms with E-state index in [-0.39, 0.29) is 0 Å². The lowest BCUT2D eigenvalue weighted by Gasteiger charge is -2.26. The summed E-state index contributed by atoms with van der Waals surface area (Å²) in [7, 11) is 0. The zero-order valence-corrected chi connectivity index (χ0v) is 14.7. The molecule has 1 heterocycles. The van der Waals surface area contributed by atoms with E-state index in [4.69, 9.17) is 11.6 Å². The number of hydrogen-bond donors (Lipinski definition) is 1. The third-order valence-corrected chi connectivity index (χ3v) is 4.60. The van der Waals surface area contributed by atoms with Crippen molar-refractivity contribution in [2.75, 3.05) is 0 Å². The Morgan fingerprint density at radius 3 is 2.38 bits per heavy atom. The van der Waals surface area contributed by atoms with Crippen molar-refractivity contribution < 1.29 is 5.11 Å². The Kier molecular flexibility index (Phi) is 4.74. The zero-order valence-electron chi connectivity index (χ0n) is 13.9. The number of benzene rings is 2. The standard InChI is InChI=1S/C20H21ClN2O/c1-3-19-22-13-18(23(19)14-15-7-5-4-6-8-15)20(2,24)16-9-11-17(21)12-10-16/h4-13,24H,3,14H2,1-2H3/t20-/m0/s1. The van der Waals surface area contributed by atoms with E-state index >= 15 is 0 Å². The molecule has 0 aliphatic rings. The minimum Gasteiger partial charge on any atom is -0.379 e. The van der Waals surface area contributed by atoms with Gasteiger partial charge in [0, 0.05) is 18.0 Å². The maximum absolute atomic E-state index is 11.2. The fraction of sp³-hybridized carbons (Fsp3) is 0.250. The molecular formula is C20H21ClN2O. The van der Waals surface area contributed by atoms with E-state index in [1.54, 1.807) is 25.3 Å². The van der Waals surface area contributed by atoms with Crippen LogP contribution >= 0.6 is 11.6 Å². The first-order chi connectivity index (χ1) is 11.5. The molecular weight excluding hydrogens is 320 g/mol. The Morgan fingerprint density at radius 1 is 1.08 bits per heavy atom. The summed E-state index contributed by atoms with van der Waals surface area (Å²) in [6.07, 6.45) is 2.58. The first kappa shape index (κ1) is 16.7. The zero-order chi connectivity index (χ0) is 17.2. The first-order valence-electron chi connectivity index (χ1n) is 8.09. The SMILES string of the molecule is CCc1ncc([C@@](C)(O)c2ccc(Cl)cc2)n1Cc1ccccc1. The predicted molar refractivity (Wildman–Crippen MR) is 97.3 cm³/mol. The Hall–Kier alpha value is -2.10. The topological polar surface area (TPSA) is 38.1 Å². The summed E-state index contributed by atoms with van der Waals surface area (Å²) in [6.45, 7) is 4.56. The first-order valence-corrected chi connectivity index (χ1v) is 8.47. The molecule has 3 rings (SSSR count). The second kappa shape index (κ2) is 6.80. The van der Waals surface area contributed by atoms with E-state index < -0.39 is 5.60 Å². The molecule has 2 aromatic carbocycles. The fourth-order valence-corrected chi connectivity index (χ4v) is 3.08. The Bertz CT molecular complexity index is 807. The molecule has 1 N–H and O–H groups in total. The molecule has 0 aliphatic heterocycles. The lowest BCUT2D eigenvalue weighted by molar-refractivity contribution is 0.0932. The van der Waals surface area contributed by atoms with Gasteiger partial charge in [0.25, 0.3) is 0 Å². The third kappa shape index (κ3) is 3.23. The quantitative estimate of drug-likeness (QED) is 0.747. The van der Waals surface area contributed by atoms with Crippen LogP contribution in [0.4, 0.5) is 0 Å². The van der Waals surface area contributed by atoms with Gasteiger partial charge in [-0.05, 0) is 30.2 Å². The summed E-state index contributed by atoms with van der Waals surface area (Å²) in [5.41, 5.74) is 1.62. The van der Waals surface area contributed by atoms with Gasteiger partial charge in [-0.25, -0.2) is 4.98 Å². The molecule has 24 heavy (non-hydrogen) atoms. The molecule has 0 radical (unpaired) electrons. The van der Waals surface area contributed by atoms with Gasteiger partial charge in [0.05, 0.1) is 11.9 Å². The number of aliphatic hydroxyl groups is 1. The number of aryl methyl sites for hydroxylation is 1. The van der Waals surface area contributed by atoms with E-state index in [9.17, 15) is 5.11 Å². The van der Waals surface area contributed by atoms with Crippen LogP contribution in [-0.2, 0) is 18.6 Å². The molecule has 0 bridgehead atoms. The van der Waals surface area contributed by atoms with E-state index in [2.05, 4.69) is 28.6 Å². The van der Waals surface area contributed by atoms with Gasteiger partial charge in [-0.1, -0.05) is 61.0 Å². The number of aromatic nitrogens is 2. The second-order valence-electron chi connectivity index (χ2n) is 6.06. The monoisotopic (exact) mass is 340 g/mol. The van der Waals surface area contributed by atoms with Crippen molar-refractivity contribution in [3.63, 3.8) is 0 Å². The smallest absolute Gasteiger partial charge is 0.128 e. The van der Waals surface area contributed by atoms with Crippen LogP contribution in [-0.4, -0.2) is 14.7 Å². The highest BCUT2D eigenvalue weighted by atomic mass is 35.5. The van der Waals surface area contributed by atoms with Gasteiger partial charge in [-0.2, -0.15) is 0 Å². The van der Waals surface area contributed by atoms with Crippen LogP contribution in [0.25, 0.3) is 0 Å². The summed E-state index contributed by atoms with van der Waals surface area (Å²) in [6, 6.07) is 17.5. The van der Waals surface area contributed by atoms with Gasteiger partial charge in [0.1, 0.15) is 11.4 Å². The van der Waals surface area contributed by atoms with Gasteiger partial charge in [-0.3, -0.25) is 0 Å². The van der Waals surface area contributed by atoms with Crippen molar-refractivity contribution in [2.24, 2.45) is 0 Å². The average Bonchev–Trinajstić information content (AvgIpc) is 2.99. The van der Waals surface area contributed by atoms with Gasteiger partial charge in [0.15, 0.2) is 0 Å². The molecule has 1 aromatic heterocycles. The molecule has 0 fully saturated rings. The lowest BCUT2D eigenvalue weighted by Crippen LogP contribution is -2.27. The van der Waals surface area contributed by atoms with E-state index in [1.807, 2.05) is 30.3 Å². The summed E-state index contributed by atoms with van der Waals surface area (Å²) in [4.78, 5) is 4.52. The Labute approximate surface area is 147 Å². The maximum Gasteiger partial charge on any atom is 0.128 e. The summed E-state index contributed by atoms with van der Waals surface area (Å²) < 4.78 is 2.10. The van der Waals surface area contributed by atoms with Crippen molar-refractivity contribution in [3.8, 4) is 0 Å². The molecule has 124 valence electrons. The highest BCUT2D eigenvalue weighted by Crippen LogP contribution is 2.31. The van der Waals surface area contributed by atoms with Crippen molar-refractivity contribution in [1.82, 2.24) is 9.55 Å². The lowest BCUT2D eigenvalue weighted by atomic mass is 9.92. The van der Waals surface area contributed by atoms with Gasteiger partial charge >= 0.3 is 0 Å². The van der Waals surface area contributed by atoms with Crippen LogP contribution in [0.2, 0.25) is 5.02 Å².